The van der Waals surface area contributed by atoms with Crippen LogP contribution in [0.1, 0.15) is 51.2 Å². The summed E-state index contributed by atoms with van der Waals surface area (Å²) in [7, 11) is 2.03. The first-order valence-corrected chi connectivity index (χ1v) is 7.30. The Hall–Kier alpha value is -1.02. The third kappa shape index (κ3) is 2.64. The van der Waals surface area contributed by atoms with Crippen LogP contribution in [0.3, 0.4) is 0 Å². The zero-order valence-corrected chi connectivity index (χ0v) is 13.1. The van der Waals surface area contributed by atoms with E-state index in [2.05, 4.69) is 58.1 Å². The van der Waals surface area contributed by atoms with E-state index in [4.69, 9.17) is 4.74 Å². The summed E-state index contributed by atoms with van der Waals surface area (Å²) in [5.74, 6) is 1.60. The third-order valence-corrected chi connectivity index (χ3v) is 4.67. The molecular formula is C17H27NO. The molecule has 2 unspecified atom stereocenters. The topological polar surface area (TPSA) is 21.3 Å². The first-order valence-electron chi connectivity index (χ1n) is 7.30. The van der Waals surface area contributed by atoms with Crippen molar-refractivity contribution >= 4 is 0 Å². The van der Waals surface area contributed by atoms with Crippen LogP contribution in [-0.2, 0) is 0 Å². The second-order valence-corrected chi connectivity index (χ2v) is 6.68. The molecule has 0 spiro atoms. The number of nitrogens with one attached hydrogen (secondary N) is 1. The zero-order valence-electron chi connectivity index (χ0n) is 13.1. The molecule has 19 heavy (non-hydrogen) atoms. The van der Waals surface area contributed by atoms with Gasteiger partial charge in [0.05, 0.1) is 0 Å². The summed E-state index contributed by atoms with van der Waals surface area (Å²) in [6.07, 6.45) is 1.40. The summed E-state index contributed by atoms with van der Waals surface area (Å²) in [4.78, 5) is 0. The predicted molar refractivity (Wildman–Crippen MR) is 80.9 cm³/mol. The molecule has 2 heteroatoms. The van der Waals surface area contributed by atoms with Gasteiger partial charge in [0.1, 0.15) is 11.9 Å². The van der Waals surface area contributed by atoms with Crippen molar-refractivity contribution in [2.75, 3.05) is 7.05 Å². The monoisotopic (exact) mass is 261 g/mol. The summed E-state index contributed by atoms with van der Waals surface area (Å²) in [5, 5.41) is 3.37. The summed E-state index contributed by atoms with van der Waals surface area (Å²) in [6, 6.07) is 7.15. The van der Waals surface area contributed by atoms with Gasteiger partial charge in [0.15, 0.2) is 0 Å². The van der Waals surface area contributed by atoms with Crippen LogP contribution >= 0.6 is 0 Å². The third-order valence-electron chi connectivity index (χ3n) is 4.67. The molecule has 0 aliphatic heterocycles. The van der Waals surface area contributed by atoms with Crippen molar-refractivity contribution in [1.29, 1.82) is 0 Å². The van der Waals surface area contributed by atoms with Gasteiger partial charge in [0, 0.05) is 17.9 Å². The first kappa shape index (κ1) is 14.4. The highest BCUT2D eigenvalue weighted by Gasteiger charge is 2.49. The van der Waals surface area contributed by atoms with E-state index in [9.17, 15) is 0 Å². The van der Waals surface area contributed by atoms with E-state index in [0.717, 1.165) is 12.2 Å². The van der Waals surface area contributed by atoms with E-state index in [-0.39, 0.29) is 5.41 Å². The standard InChI is InChI=1S/C17H27NO/c1-11(2)13-8-7-12(3)14(9-13)19-16-10-15(18-6)17(16,4)5/h7-9,11,15-16,18H,10H2,1-6H3. The van der Waals surface area contributed by atoms with Gasteiger partial charge >= 0.3 is 0 Å². The smallest absolute Gasteiger partial charge is 0.122 e. The molecular weight excluding hydrogens is 234 g/mol. The van der Waals surface area contributed by atoms with Crippen molar-refractivity contribution in [2.24, 2.45) is 5.41 Å². The molecule has 1 saturated carbocycles. The Morgan fingerprint density at radius 1 is 1.32 bits per heavy atom. The van der Waals surface area contributed by atoms with Crippen LogP contribution in [0.2, 0.25) is 0 Å². The molecule has 0 amide bonds. The number of rotatable bonds is 4. The number of hydrogen-bond donors (Lipinski definition) is 1. The van der Waals surface area contributed by atoms with Gasteiger partial charge in [-0.2, -0.15) is 0 Å². The van der Waals surface area contributed by atoms with E-state index >= 15 is 0 Å². The molecule has 0 heterocycles. The lowest BCUT2D eigenvalue weighted by Gasteiger charge is -2.51. The summed E-state index contributed by atoms with van der Waals surface area (Å²) in [5.41, 5.74) is 2.78. The lowest BCUT2D eigenvalue weighted by Crippen LogP contribution is -2.61. The van der Waals surface area contributed by atoms with Crippen LogP contribution in [0.5, 0.6) is 5.75 Å². The van der Waals surface area contributed by atoms with Crippen molar-refractivity contribution in [2.45, 2.75) is 59.1 Å². The fourth-order valence-electron chi connectivity index (χ4n) is 2.83. The van der Waals surface area contributed by atoms with Gasteiger partial charge in [-0.25, -0.2) is 0 Å². The maximum atomic E-state index is 6.28. The molecule has 2 rings (SSSR count). The largest absolute Gasteiger partial charge is 0.489 e. The van der Waals surface area contributed by atoms with Crippen LogP contribution in [0.15, 0.2) is 18.2 Å². The lowest BCUT2D eigenvalue weighted by atomic mass is 9.64. The maximum Gasteiger partial charge on any atom is 0.122 e. The minimum atomic E-state index is 0.203. The average molecular weight is 261 g/mol. The van der Waals surface area contributed by atoms with Gasteiger partial charge < -0.3 is 10.1 Å². The average Bonchev–Trinajstić information content (AvgIpc) is 2.35. The van der Waals surface area contributed by atoms with E-state index in [1.807, 2.05) is 7.05 Å². The highest BCUT2D eigenvalue weighted by molar-refractivity contribution is 5.38. The van der Waals surface area contributed by atoms with Crippen molar-refractivity contribution < 1.29 is 4.74 Å². The van der Waals surface area contributed by atoms with Crippen LogP contribution in [0.25, 0.3) is 0 Å². The summed E-state index contributed by atoms with van der Waals surface area (Å²) < 4.78 is 6.28. The normalized spacial score (nSPS) is 25.2. The number of benzene rings is 1. The second kappa shape index (κ2) is 5.16. The van der Waals surface area contributed by atoms with Crippen molar-refractivity contribution in [3.8, 4) is 5.75 Å². The van der Waals surface area contributed by atoms with Crippen molar-refractivity contribution in [3.05, 3.63) is 29.3 Å². The molecule has 2 nitrogen and oxygen atoms in total. The van der Waals surface area contributed by atoms with E-state index in [1.54, 1.807) is 0 Å². The zero-order chi connectivity index (χ0) is 14.2. The van der Waals surface area contributed by atoms with E-state index in [0.29, 0.717) is 18.1 Å². The molecule has 1 N–H and O–H groups in total. The molecule has 2 atom stereocenters. The Morgan fingerprint density at radius 3 is 2.53 bits per heavy atom. The Labute approximate surface area is 117 Å². The molecule has 0 aromatic heterocycles. The van der Waals surface area contributed by atoms with Gasteiger partial charge in [0.25, 0.3) is 0 Å². The number of aryl methyl sites for hydroxylation is 1. The highest BCUT2D eigenvalue weighted by Crippen LogP contribution is 2.43. The fraction of sp³-hybridized carbons (Fsp3) is 0.647. The first-order chi connectivity index (χ1) is 8.86. The molecule has 1 aromatic carbocycles. The van der Waals surface area contributed by atoms with E-state index < -0.39 is 0 Å². The van der Waals surface area contributed by atoms with Gasteiger partial charge in [-0.05, 0) is 37.1 Å². The Bertz CT molecular complexity index is 451. The predicted octanol–water partition coefficient (Wildman–Crippen LogP) is 3.88. The van der Waals surface area contributed by atoms with Crippen LogP contribution in [0, 0.1) is 12.3 Å². The molecule has 0 radical (unpaired) electrons. The molecule has 1 aromatic rings. The Kier molecular flexibility index (Phi) is 3.91. The van der Waals surface area contributed by atoms with Crippen LogP contribution in [-0.4, -0.2) is 19.2 Å². The Balaban J connectivity index is 2.14. The molecule has 1 fully saturated rings. The molecule has 0 bridgehead atoms. The molecule has 1 aliphatic rings. The van der Waals surface area contributed by atoms with Crippen molar-refractivity contribution in [1.82, 2.24) is 5.32 Å². The Morgan fingerprint density at radius 2 is 2.00 bits per heavy atom. The second-order valence-electron chi connectivity index (χ2n) is 6.68. The quantitative estimate of drug-likeness (QED) is 0.888. The van der Waals surface area contributed by atoms with Crippen LogP contribution in [0.4, 0.5) is 0 Å². The minimum absolute atomic E-state index is 0.203. The van der Waals surface area contributed by atoms with Gasteiger partial charge in [0.2, 0.25) is 0 Å². The van der Waals surface area contributed by atoms with Gasteiger partial charge in [-0.15, -0.1) is 0 Å². The summed E-state index contributed by atoms with van der Waals surface area (Å²) in [6.45, 7) is 11.1. The maximum absolute atomic E-state index is 6.28. The number of hydrogen-bond acceptors (Lipinski definition) is 2. The van der Waals surface area contributed by atoms with Gasteiger partial charge in [-0.1, -0.05) is 39.8 Å². The van der Waals surface area contributed by atoms with Crippen LogP contribution < -0.4 is 10.1 Å². The van der Waals surface area contributed by atoms with Gasteiger partial charge in [-0.3, -0.25) is 0 Å². The number of ether oxygens (including phenoxy) is 1. The molecule has 106 valence electrons. The SMILES string of the molecule is CNC1CC(Oc2cc(C(C)C)ccc2C)C1(C)C. The van der Waals surface area contributed by atoms with E-state index in [1.165, 1.54) is 11.1 Å². The van der Waals surface area contributed by atoms with Crippen molar-refractivity contribution in [3.63, 3.8) is 0 Å². The fourth-order valence-corrected chi connectivity index (χ4v) is 2.83. The molecule has 0 saturated heterocycles. The molecule has 1 aliphatic carbocycles. The lowest BCUT2D eigenvalue weighted by molar-refractivity contribution is -0.0524. The minimum Gasteiger partial charge on any atom is -0.489 e. The highest BCUT2D eigenvalue weighted by atomic mass is 16.5. The summed E-state index contributed by atoms with van der Waals surface area (Å²) >= 11 is 0.